The van der Waals surface area contributed by atoms with Crippen molar-refractivity contribution in [1.29, 1.82) is 0 Å². The number of nitrogens with zero attached hydrogens (tertiary/aromatic N) is 4. The molecule has 0 fully saturated rings. The molecule has 128 valence electrons. The lowest BCUT2D eigenvalue weighted by atomic mass is 10.3. The summed E-state index contributed by atoms with van der Waals surface area (Å²) in [6.07, 6.45) is 2.97. The van der Waals surface area contributed by atoms with E-state index in [1.807, 2.05) is 13.0 Å². The second kappa shape index (κ2) is 6.46. The SMILES string of the molecule is Cc1cc(-c2cc(S(=O)(=O)NC(C)Cn3cncn3)c(C)s2)n[nH]1. The third-order valence-electron chi connectivity index (χ3n) is 3.40. The van der Waals surface area contributed by atoms with E-state index in [1.165, 1.54) is 17.7 Å². The maximum atomic E-state index is 12.7. The molecule has 0 saturated heterocycles. The molecule has 0 radical (unpaired) electrons. The van der Waals surface area contributed by atoms with Gasteiger partial charge in [-0.15, -0.1) is 11.3 Å². The van der Waals surface area contributed by atoms with Crippen molar-refractivity contribution in [3.63, 3.8) is 0 Å². The van der Waals surface area contributed by atoms with Gasteiger partial charge in [0.05, 0.1) is 16.3 Å². The maximum absolute atomic E-state index is 12.7. The van der Waals surface area contributed by atoms with Gasteiger partial charge in [0.15, 0.2) is 0 Å². The molecule has 0 saturated carbocycles. The summed E-state index contributed by atoms with van der Waals surface area (Å²) in [5.74, 6) is 0. The topological polar surface area (TPSA) is 106 Å². The lowest BCUT2D eigenvalue weighted by Gasteiger charge is -2.13. The van der Waals surface area contributed by atoms with Gasteiger partial charge in [-0.05, 0) is 32.9 Å². The van der Waals surface area contributed by atoms with Crippen LogP contribution >= 0.6 is 11.3 Å². The number of rotatable bonds is 6. The second-order valence-electron chi connectivity index (χ2n) is 5.61. The number of nitrogens with one attached hydrogen (secondary N) is 2. The van der Waals surface area contributed by atoms with E-state index >= 15 is 0 Å². The Morgan fingerprint density at radius 3 is 2.79 bits per heavy atom. The van der Waals surface area contributed by atoms with Crippen molar-refractivity contribution in [3.05, 3.63) is 35.4 Å². The minimum Gasteiger partial charge on any atom is -0.282 e. The van der Waals surface area contributed by atoms with Crippen LogP contribution in [0.4, 0.5) is 0 Å². The van der Waals surface area contributed by atoms with E-state index in [0.717, 1.165) is 21.1 Å². The molecule has 0 aliphatic carbocycles. The molecule has 3 heterocycles. The molecule has 0 bridgehead atoms. The molecule has 24 heavy (non-hydrogen) atoms. The van der Waals surface area contributed by atoms with Gasteiger partial charge in [-0.3, -0.25) is 9.78 Å². The Morgan fingerprint density at radius 2 is 2.17 bits per heavy atom. The smallest absolute Gasteiger partial charge is 0.241 e. The number of hydrogen-bond acceptors (Lipinski definition) is 6. The fourth-order valence-electron chi connectivity index (χ4n) is 2.38. The van der Waals surface area contributed by atoms with E-state index in [2.05, 4.69) is 25.0 Å². The van der Waals surface area contributed by atoms with Crippen LogP contribution in [0.5, 0.6) is 0 Å². The van der Waals surface area contributed by atoms with Crippen LogP contribution in [0.1, 0.15) is 17.5 Å². The van der Waals surface area contributed by atoms with Crippen LogP contribution in [0.3, 0.4) is 0 Å². The molecular weight excluding hydrogens is 348 g/mol. The standard InChI is InChI=1S/C14H18N6O2S2/c1-9-4-12(18-17-9)13-5-14(11(3)23-13)24(21,22)19-10(2)6-20-8-15-7-16-20/h4-5,7-8,10,19H,6H2,1-3H3,(H,17,18). The average Bonchev–Trinajstić information content (AvgIpc) is 3.19. The van der Waals surface area contributed by atoms with E-state index in [9.17, 15) is 8.42 Å². The molecule has 3 aromatic rings. The third-order valence-corrected chi connectivity index (χ3v) is 6.32. The summed E-state index contributed by atoms with van der Waals surface area (Å²) in [6.45, 7) is 5.90. The number of aromatic amines is 1. The monoisotopic (exact) mass is 366 g/mol. The van der Waals surface area contributed by atoms with Gasteiger partial charge < -0.3 is 0 Å². The van der Waals surface area contributed by atoms with Crippen LogP contribution in [0.15, 0.2) is 29.7 Å². The minimum absolute atomic E-state index is 0.286. The van der Waals surface area contributed by atoms with E-state index in [1.54, 1.807) is 30.9 Å². The zero-order valence-corrected chi connectivity index (χ0v) is 15.1. The summed E-state index contributed by atoms with van der Waals surface area (Å²) in [4.78, 5) is 5.68. The van der Waals surface area contributed by atoms with Gasteiger partial charge in [0.1, 0.15) is 18.3 Å². The highest BCUT2D eigenvalue weighted by Gasteiger charge is 2.23. The van der Waals surface area contributed by atoms with E-state index in [0.29, 0.717) is 6.54 Å². The molecule has 1 unspecified atom stereocenters. The lowest BCUT2D eigenvalue weighted by molar-refractivity contribution is 0.493. The predicted octanol–water partition coefficient (Wildman–Crippen LogP) is 1.71. The van der Waals surface area contributed by atoms with Crippen LogP contribution in [-0.2, 0) is 16.6 Å². The molecule has 3 rings (SSSR count). The van der Waals surface area contributed by atoms with Crippen LogP contribution < -0.4 is 4.72 Å². The molecule has 0 aromatic carbocycles. The highest BCUT2D eigenvalue weighted by atomic mass is 32.2. The highest BCUT2D eigenvalue weighted by molar-refractivity contribution is 7.89. The first kappa shape index (κ1) is 16.8. The summed E-state index contributed by atoms with van der Waals surface area (Å²) in [7, 11) is -3.61. The van der Waals surface area contributed by atoms with Crippen molar-refractivity contribution < 1.29 is 8.42 Å². The molecule has 0 spiro atoms. The Balaban J connectivity index is 1.80. The minimum atomic E-state index is -3.61. The quantitative estimate of drug-likeness (QED) is 0.691. The van der Waals surface area contributed by atoms with Gasteiger partial charge in [0.25, 0.3) is 0 Å². The normalized spacial score (nSPS) is 13.3. The Hall–Kier alpha value is -2.04. The van der Waals surface area contributed by atoms with Gasteiger partial charge in [0, 0.05) is 16.6 Å². The van der Waals surface area contributed by atoms with Crippen LogP contribution in [-0.4, -0.2) is 39.4 Å². The number of aryl methyl sites for hydroxylation is 2. The van der Waals surface area contributed by atoms with Gasteiger partial charge in [-0.25, -0.2) is 18.1 Å². The molecule has 1 atom stereocenters. The summed E-state index contributed by atoms with van der Waals surface area (Å²) >= 11 is 1.41. The first-order chi connectivity index (χ1) is 11.3. The molecule has 0 amide bonds. The van der Waals surface area contributed by atoms with Gasteiger partial charge in [0.2, 0.25) is 10.0 Å². The highest BCUT2D eigenvalue weighted by Crippen LogP contribution is 2.32. The van der Waals surface area contributed by atoms with Crippen LogP contribution in [0, 0.1) is 13.8 Å². The largest absolute Gasteiger partial charge is 0.282 e. The summed E-state index contributed by atoms with van der Waals surface area (Å²) in [5.41, 5.74) is 1.68. The van der Waals surface area contributed by atoms with Crippen molar-refractivity contribution >= 4 is 21.4 Å². The number of sulfonamides is 1. The summed E-state index contributed by atoms with van der Waals surface area (Å²) in [6, 6.07) is 3.25. The predicted molar refractivity (Wildman–Crippen MR) is 91.2 cm³/mol. The molecule has 2 N–H and O–H groups in total. The number of hydrogen-bond donors (Lipinski definition) is 2. The average molecular weight is 366 g/mol. The Morgan fingerprint density at radius 1 is 1.38 bits per heavy atom. The molecular formula is C14H18N6O2S2. The molecule has 0 aliphatic rings. The zero-order chi connectivity index (χ0) is 17.3. The zero-order valence-electron chi connectivity index (χ0n) is 13.5. The van der Waals surface area contributed by atoms with Crippen LogP contribution in [0.2, 0.25) is 0 Å². The lowest BCUT2D eigenvalue weighted by Crippen LogP contribution is -2.35. The summed E-state index contributed by atoms with van der Waals surface area (Å²) in [5, 5.41) is 11.0. The second-order valence-corrected chi connectivity index (χ2v) is 8.55. The maximum Gasteiger partial charge on any atom is 0.241 e. The molecule has 10 heteroatoms. The molecule has 8 nitrogen and oxygen atoms in total. The third kappa shape index (κ3) is 3.55. The van der Waals surface area contributed by atoms with Gasteiger partial charge in [-0.2, -0.15) is 10.2 Å². The first-order valence-corrected chi connectivity index (χ1v) is 9.62. The Bertz CT molecular complexity index is 927. The molecule has 3 aromatic heterocycles. The van der Waals surface area contributed by atoms with Gasteiger partial charge >= 0.3 is 0 Å². The molecule has 0 aliphatic heterocycles. The fourth-order valence-corrected chi connectivity index (χ4v) is 5.16. The van der Waals surface area contributed by atoms with Crippen molar-refractivity contribution in [2.45, 2.75) is 38.3 Å². The van der Waals surface area contributed by atoms with Crippen molar-refractivity contribution in [2.24, 2.45) is 0 Å². The fraction of sp³-hybridized carbons (Fsp3) is 0.357. The Kier molecular flexibility index (Phi) is 4.52. The van der Waals surface area contributed by atoms with Crippen molar-refractivity contribution in [2.75, 3.05) is 0 Å². The van der Waals surface area contributed by atoms with Gasteiger partial charge in [-0.1, -0.05) is 0 Å². The summed E-state index contributed by atoms with van der Waals surface area (Å²) < 4.78 is 29.6. The van der Waals surface area contributed by atoms with E-state index in [-0.39, 0.29) is 10.9 Å². The first-order valence-electron chi connectivity index (χ1n) is 7.33. The van der Waals surface area contributed by atoms with Crippen LogP contribution in [0.25, 0.3) is 10.6 Å². The van der Waals surface area contributed by atoms with Crippen molar-refractivity contribution in [1.82, 2.24) is 29.7 Å². The van der Waals surface area contributed by atoms with E-state index in [4.69, 9.17) is 0 Å². The number of aromatic nitrogens is 5. The number of H-pyrrole nitrogens is 1. The number of thiophene rings is 1. The Labute approximate surface area is 144 Å². The van der Waals surface area contributed by atoms with Crippen molar-refractivity contribution in [3.8, 4) is 10.6 Å². The van der Waals surface area contributed by atoms with E-state index < -0.39 is 10.0 Å².